The van der Waals surface area contributed by atoms with Crippen LogP contribution in [0.25, 0.3) is 0 Å². The summed E-state index contributed by atoms with van der Waals surface area (Å²) in [5, 5.41) is 18.1. The van der Waals surface area contributed by atoms with Crippen LogP contribution in [0.2, 0.25) is 0 Å². The first-order valence-electron chi connectivity index (χ1n) is 4.90. The molecule has 0 spiro atoms. The van der Waals surface area contributed by atoms with E-state index in [-0.39, 0.29) is 63.7 Å². The molecule has 0 saturated heterocycles. The molecule has 1 atom stereocenters. The van der Waals surface area contributed by atoms with Crippen LogP contribution in [-0.4, -0.2) is 73.5 Å². The Morgan fingerprint density at radius 1 is 1.20 bits per heavy atom. The van der Waals surface area contributed by atoms with Gasteiger partial charge in [-0.1, -0.05) is 33.6 Å². The number of hydrogen-bond donors (Lipinski definition) is 2. The topological polar surface area (TPSA) is 74.6 Å². The fourth-order valence-corrected chi connectivity index (χ4v) is 1.72. The number of carboxylic acid groups (broad SMARTS) is 2. The molecule has 2 N–H and O–H groups in total. The van der Waals surface area contributed by atoms with Gasteiger partial charge in [-0.05, 0) is 12.3 Å². The van der Waals surface area contributed by atoms with Crippen LogP contribution in [0.5, 0.6) is 0 Å². The normalized spacial score (nSPS) is 12.7. The standard InChI is InChI=1S/C10H18O4.K.H/c1-4-6-10(8(11)12,9(13)14)7(3)5-2;;/h7H,4-6H2,1-3H3,(H,11,12)(H,13,14);;. The molecular weight excluding hydrogens is 223 g/mol. The molecular formula is C10H19KO4. The molecule has 1 unspecified atom stereocenters. The van der Waals surface area contributed by atoms with Crippen LogP contribution < -0.4 is 0 Å². The molecule has 0 aliphatic rings. The van der Waals surface area contributed by atoms with E-state index < -0.39 is 17.4 Å². The van der Waals surface area contributed by atoms with Crippen LogP contribution in [0.4, 0.5) is 0 Å². The Morgan fingerprint density at radius 3 is 1.80 bits per heavy atom. The van der Waals surface area contributed by atoms with E-state index in [9.17, 15) is 9.59 Å². The fourth-order valence-electron chi connectivity index (χ4n) is 1.72. The molecule has 0 aromatic carbocycles. The Kier molecular flexibility index (Phi) is 9.32. The van der Waals surface area contributed by atoms with E-state index in [0.29, 0.717) is 12.8 Å². The minimum absolute atomic E-state index is 0. The molecule has 84 valence electrons. The van der Waals surface area contributed by atoms with Crippen molar-refractivity contribution in [2.75, 3.05) is 0 Å². The van der Waals surface area contributed by atoms with Gasteiger partial charge in [0.25, 0.3) is 0 Å². The van der Waals surface area contributed by atoms with Gasteiger partial charge in [-0.2, -0.15) is 0 Å². The van der Waals surface area contributed by atoms with Gasteiger partial charge in [-0.25, -0.2) is 0 Å². The molecule has 0 bridgehead atoms. The maximum absolute atomic E-state index is 11.1. The fraction of sp³-hybridized carbons (Fsp3) is 0.800. The summed E-state index contributed by atoms with van der Waals surface area (Å²) >= 11 is 0. The number of carbonyl (C=O) groups is 2. The zero-order valence-corrected chi connectivity index (χ0v) is 8.91. The molecule has 0 heterocycles. The average molecular weight is 242 g/mol. The zero-order valence-electron chi connectivity index (χ0n) is 8.91. The molecule has 0 rings (SSSR count). The van der Waals surface area contributed by atoms with Crippen molar-refractivity contribution in [2.24, 2.45) is 11.3 Å². The summed E-state index contributed by atoms with van der Waals surface area (Å²) < 4.78 is 0. The molecule has 5 heteroatoms. The second kappa shape index (κ2) is 7.79. The number of carboxylic acids is 2. The van der Waals surface area contributed by atoms with E-state index >= 15 is 0 Å². The summed E-state index contributed by atoms with van der Waals surface area (Å²) in [5.41, 5.74) is -1.61. The van der Waals surface area contributed by atoms with Gasteiger partial charge in [0.05, 0.1) is 0 Å². The van der Waals surface area contributed by atoms with E-state index in [1.807, 2.05) is 0 Å². The number of hydrogen-bond acceptors (Lipinski definition) is 2. The van der Waals surface area contributed by atoms with Gasteiger partial charge < -0.3 is 10.2 Å². The second-order valence-corrected chi connectivity index (χ2v) is 3.64. The Balaban J connectivity index is 0. The van der Waals surface area contributed by atoms with Gasteiger partial charge in [-0.15, -0.1) is 0 Å². The molecule has 15 heavy (non-hydrogen) atoms. The van der Waals surface area contributed by atoms with Crippen LogP contribution in [0.1, 0.15) is 40.0 Å². The molecule has 0 aromatic rings. The van der Waals surface area contributed by atoms with Crippen LogP contribution in [0, 0.1) is 11.3 Å². The molecule has 0 aromatic heterocycles. The Bertz CT molecular complexity index is 213. The number of rotatable bonds is 6. The van der Waals surface area contributed by atoms with Crippen LogP contribution >= 0.6 is 0 Å². The van der Waals surface area contributed by atoms with Crippen molar-refractivity contribution >= 4 is 63.3 Å². The van der Waals surface area contributed by atoms with Crippen LogP contribution in [-0.2, 0) is 9.59 Å². The average Bonchev–Trinajstić information content (AvgIpc) is 2.11. The molecule has 4 nitrogen and oxygen atoms in total. The molecule has 0 fully saturated rings. The van der Waals surface area contributed by atoms with Crippen molar-refractivity contribution in [1.29, 1.82) is 0 Å². The monoisotopic (exact) mass is 242 g/mol. The maximum atomic E-state index is 11.1. The number of aliphatic carboxylic acids is 2. The van der Waals surface area contributed by atoms with Crippen molar-refractivity contribution in [3.8, 4) is 0 Å². The Morgan fingerprint density at radius 2 is 1.60 bits per heavy atom. The summed E-state index contributed by atoms with van der Waals surface area (Å²) in [6.45, 7) is 5.28. The predicted molar refractivity (Wildman–Crippen MR) is 59.2 cm³/mol. The first-order valence-corrected chi connectivity index (χ1v) is 4.90. The summed E-state index contributed by atoms with van der Waals surface area (Å²) in [6.07, 6.45) is 1.30. The minimum atomic E-state index is -1.61. The molecule has 0 aliphatic carbocycles. The van der Waals surface area contributed by atoms with Gasteiger partial charge in [0.15, 0.2) is 5.41 Å². The molecule has 0 radical (unpaired) electrons. The Hall–Kier alpha value is 0.576. The van der Waals surface area contributed by atoms with E-state index in [2.05, 4.69) is 0 Å². The molecule has 0 amide bonds. The van der Waals surface area contributed by atoms with E-state index in [1.54, 1.807) is 20.8 Å². The molecule has 0 saturated carbocycles. The summed E-state index contributed by atoms with van der Waals surface area (Å²) in [7, 11) is 0. The van der Waals surface area contributed by atoms with Gasteiger partial charge in [0, 0.05) is 0 Å². The summed E-state index contributed by atoms with van der Waals surface area (Å²) in [4.78, 5) is 22.1. The van der Waals surface area contributed by atoms with Gasteiger partial charge >= 0.3 is 63.3 Å². The van der Waals surface area contributed by atoms with Gasteiger partial charge in [0.1, 0.15) is 0 Å². The third-order valence-electron chi connectivity index (χ3n) is 2.86. The third-order valence-corrected chi connectivity index (χ3v) is 2.86. The third kappa shape index (κ3) is 3.82. The van der Waals surface area contributed by atoms with Crippen molar-refractivity contribution < 1.29 is 19.8 Å². The summed E-state index contributed by atoms with van der Waals surface area (Å²) in [5.74, 6) is -2.79. The van der Waals surface area contributed by atoms with Crippen molar-refractivity contribution in [3.05, 3.63) is 0 Å². The molecule has 0 aliphatic heterocycles. The van der Waals surface area contributed by atoms with Gasteiger partial charge in [0.2, 0.25) is 0 Å². The zero-order chi connectivity index (χ0) is 11.4. The summed E-state index contributed by atoms with van der Waals surface area (Å²) in [6, 6.07) is 0. The Labute approximate surface area is 133 Å². The van der Waals surface area contributed by atoms with Crippen molar-refractivity contribution in [1.82, 2.24) is 0 Å². The SMILES string of the molecule is CCCC(C(=O)O)(C(=O)O)C(C)CC.[KH]. The second-order valence-electron chi connectivity index (χ2n) is 3.64. The first-order chi connectivity index (χ1) is 6.43. The van der Waals surface area contributed by atoms with Gasteiger partial charge in [-0.3, -0.25) is 9.59 Å². The van der Waals surface area contributed by atoms with E-state index in [1.165, 1.54) is 0 Å². The van der Waals surface area contributed by atoms with E-state index in [4.69, 9.17) is 10.2 Å². The first kappa shape index (κ1) is 18.0. The quantitative estimate of drug-likeness (QED) is 0.544. The van der Waals surface area contributed by atoms with Crippen LogP contribution in [0.15, 0.2) is 0 Å². The van der Waals surface area contributed by atoms with Crippen LogP contribution in [0.3, 0.4) is 0 Å². The van der Waals surface area contributed by atoms with Crippen molar-refractivity contribution in [3.63, 3.8) is 0 Å². The van der Waals surface area contributed by atoms with Crippen molar-refractivity contribution in [2.45, 2.75) is 40.0 Å². The predicted octanol–water partition coefficient (Wildman–Crippen LogP) is 1.34. The van der Waals surface area contributed by atoms with E-state index in [0.717, 1.165) is 0 Å².